The van der Waals surface area contributed by atoms with Crippen LogP contribution in [0.25, 0.3) is 28.2 Å². The van der Waals surface area contributed by atoms with Crippen LogP contribution in [0.3, 0.4) is 0 Å². The van der Waals surface area contributed by atoms with Gasteiger partial charge < -0.3 is 19.1 Å². The van der Waals surface area contributed by atoms with Gasteiger partial charge in [0.05, 0.1) is 38.6 Å². The maximum absolute atomic E-state index is 14.1. The largest absolute Gasteiger partial charge is 0.494 e. The zero-order valence-corrected chi connectivity index (χ0v) is 18.5. The Morgan fingerprint density at radius 3 is 2.44 bits per heavy atom. The van der Waals surface area contributed by atoms with Crippen LogP contribution in [0.1, 0.15) is 12.2 Å². The van der Waals surface area contributed by atoms with E-state index in [-0.39, 0.29) is 12.0 Å². The minimum absolute atomic E-state index is 0.0564. The molecule has 10 nitrogen and oxygen atoms in total. The van der Waals surface area contributed by atoms with Crippen LogP contribution in [0.5, 0.6) is 11.8 Å². The highest BCUT2D eigenvalue weighted by Crippen LogP contribution is 2.33. The Kier molecular flexibility index (Phi) is 5.88. The van der Waals surface area contributed by atoms with Gasteiger partial charge in [0, 0.05) is 37.1 Å². The molecule has 0 saturated carbocycles. The van der Waals surface area contributed by atoms with Crippen molar-refractivity contribution in [2.45, 2.75) is 6.43 Å². The van der Waals surface area contributed by atoms with E-state index in [0.717, 1.165) is 0 Å². The second-order valence-electron chi connectivity index (χ2n) is 7.40. The summed E-state index contributed by atoms with van der Waals surface area (Å²) in [6, 6.07) is 7.04. The quantitative estimate of drug-likeness (QED) is 0.422. The highest BCUT2D eigenvalue weighted by Gasteiger charge is 2.25. The summed E-state index contributed by atoms with van der Waals surface area (Å²) in [6.07, 6.45) is 0.259. The van der Waals surface area contributed by atoms with Crippen molar-refractivity contribution in [1.82, 2.24) is 29.5 Å². The molecule has 0 amide bonds. The number of halogens is 2. The average Bonchev–Trinajstić information content (AvgIpc) is 3.29. The molecule has 4 aromatic rings. The van der Waals surface area contributed by atoms with Crippen LogP contribution in [0.4, 0.5) is 14.6 Å². The fourth-order valence-corrected chi connectivity index (χ4v) is 3.79. The van der Waals surface area contributed by atoms with Gasteiger partial charge in [0.15, 0.2) is 5.82 Å². The SMILES string of the molecule is COc1ncc(-c2cc(N3CCOCC3)nc(-n3c(C(F)F)nc4c(OC)cccc43)n2)cn1. The van der Waals surface area contributed by atoms with E-state index in [0.29, 0.717) is 60.2 Å². The number of fused-ring (bicyclic) bond motifs is 1. The number of alkyl halides is 2. The highest BCUT2D eigenvalue weighted by molar-refractivity contribution is 5.84. The average molecular weight is 469 g/mol. The number of nitrogens with zero attached hydrogens (tertiary/aromatic N) is 7. The lowest BCUT2D eigenvalue weighted by atomic mass is 10.2. The summed E-state index contributed by atoms with van der Waals surface area (Å²) >= 11 is 0. The monoisotopic (exact) mass is 469 g/mol. The van der Waals surface area contributed by atoms with Crippen LogP contribution in [0.2, 0.25) is 0 Å². The van der Waals surface area contributed by atoms with E-state index in [4.69, 9.17) is 14.2 Å². The van der Waals surface area contributed by atoms with Crippen LogP contribution in [0.15, 0.2) is 36.7 Å². The number of anilines is 1. The van der Waals surface area contributed by atoms with E-state index < -0.39 is 12.2 Å². The van der Waals surface area contributed by atoms with Crippen LogP contribution >= 0.6 is 0 Å². The lowest BCUT2D eigenvalue weighted by Gasteiger charge is -2.28. The molecule has 0 radical (unpaired) electrons. The molecule has 0 bridgehead atoms. The fourth-order valence-electron chi connectivity index (χ4n) is 3.79. The van der Waals surface area contributed by atoms with Crippen LogP contribution in [-0.2, 0) is 4.74 Å². The number of hydrogen-bond donors (Lipinski definition) is 0. The van der Waals surface area contributed by atoms with E-state index in [1.807, 2.05) is 4.90 Å². The van der Waals surface area contributed by atoms with Crippen molar-refractivity contribution in [1.29, 1.82) is 0 Å². The van der Waals surface area contributed by atoms with Gasteiger partial charge in [0.25, 0.3) is 6.43 Å². The van der Waals surface area contributed by atoms with Gasteiger partial charge in [0.1, 0.15) is 17.1 Å². The van der Waals surface area contributed by atoms with Crippen molar-refractivity contribution in [3.05, 3.63) is 42.5 Å². The summed E-state index contributed by atoms with van der Waals surface area (Å²) in [5, 5.41) is 0. The van der Waals surface area contributed by atoms with E-state index in [1.54, 1.807) is 36.7 Å². The summed E-state index contributed by atoms with van der Waals surface area (Å²) < 4.78 is 45.3. The standard InChI is InChI=1S/C22H21F2N7O3/c1-32-16-5-3-4-15-18(16)29-20(19(23)24)31(15)21-27-14(13-11-25-22(33-2)26-12-13)10-17(28-21)30-6-8-34-9-7-30/h3-5,10-12,19H,6-9H2,1-2H3. The predicted octanol–water partition coefficient (Wildman–Crippen LogP) is 3.06. The normalized spacial score (nSPS) is 14.1. The Morgan fingerprint density at radius 1 is 1.00 bits per heavy atom. The number of hydrogen-bond acceptors (Lipinski definition) is 9. The Hall–Kier alpha value is -3.93. The van der Waals surface area contributed by atoms with Gasteiger partial charge in [-0.2, -0.15) is 4.98 Å². The summed E-state index contributed by atoms with van der Waals surface area (Å²) in [4.78, 5) is 23.7. The van der Waals surface area contributed by atoms with Gasteiger partial charge in [-0.15, -0.1) is 0 Å². The first-order valence-electron chi connectivity index (χ1n) is 10.5. The first-order chi connectivity index (χ1) is 16.6. The van der Waals surface area contributed by atoms with Crippen LogP contribution in [-0.4, -0.2) is 70.0 Å². The molecular weight excluding hydrogens is 448 g/mol. The number of benzene rings is 1. The third-order valence-corrected chi connectivity index (χ3v) is 5.43. The van der Waals surface area contributed by atoms with Crippen LogP contribution < -0.4 is 14.4 Å². The van der Waals surface area contributed by atoms with Gasteiger partial charge in [-0.05, 0) is 12.1 Å². The molecule has 12 heteroatoms. The number of imidazole rings is 1. The maximum Gasteiger partial charge on any atom is 0.316 e. The van der Waals surface area contributed by atoms with Crippen molar-refractivity contribution in [3.8, 4) is 29.0 Å². The minimum atomic E-state index is -2.86. The van der Waals surface area contributed by atoms with Crippen LogP contribution in [0, 0.1) is 0 Å². The number of ether oxygens (including phenoxy) is 3. The van der Waals surface area contributed by atoms with Gasteiger partial charge in [-0.3, -0.25) is 4.57 Å². The zero-order chi connectivity index (χ0) is 23.7. The van der Waals surface area contributed by atoms with Gasteiger partial charge in [-0.1, -0.05) is 6.07 Å². The Labute approximate surface area is 193 Å². The lowest BCUT2D eigenvalue weighted by Crippen LogP contribution is -2.37. The number of aromatic nitrogens is 6. The van der Waals surface area contributed by atoms with E-state index in [1.165, 1.54) is 18.8 Å². The molecule has 1 aromatic carbocycles. The lowest BCUT2D eigenvalue weighted by molar-refractivity contribution is 0.122. The van der Waals surface area contributed by atoms with E-state index in [9.17, 15) is 8.78 Å². The Morgan fingerprint density at radius 2 is 1.76 bits per heavy atom. The molecule has 0 spiro atoms. The van der Waals surface area contributed by atoms with Crippen molar-refractivity contribution in [2.24, 2.45) is 0 Å². The summed E-state index contributed by atoms with van der Waals surface area (Å²) in [7, 11) is 2.94. The molecule has 1 fully saturated rings. The van der Waals surface area contributed by atoms with Crippen molar-refractivity contribution in [3.63, 3.8) is 0 Å². The summed E-state index contributed by atoms with van der Waals surface area (Å²) in [5.41, 5.74) is 1.76. The molecule has 1 saturated heterocycles. The van der Waals surface area contributed by atoms with Crippen molar-refractivity contribution in [2.75, 3.05) is 45.4 Å². The highest BCUT2D eigenvalue weighted by atomic mass is 19.3. The fraction of sp³-hybridized carbons (Fsp3) is 0.318. The summed E-state index contributed by atoms with van der Waals surface area (Å²) in [5.74, 6) is 0.534. The third-order valence-electron chi connectivity index (χ3n) is 5.43. The third kappa shape index (κ3) is 3.96. The van der Waals surface area contributed by atoms with E-state index in [2.05, 4.69) is 24.9 Å². The molecule has 5 rings (SSSR count). The second-order valence-corrected chi connectivity index (χ2v) is 7.40. The number of para-hydroxylation sites is 1. The molecule has 1 aliphatic heterocycles. The van der Waals surface area contributed by atoms with Crippen molar-refractivity contribution < 1.29 is 23.0 Å². The Balaban J connectivity index is 1.73. The maximum atomic E-state index is 14.1. The van der Waals surface area contributed by atoms with Crippen molar-refractivity contribution >= 4 is 16.9 Å². The van der Waals surface area contributed by atoms with Gasteiger partial charge in [-0.25, -0.2) is 28.7 Å². The second kappa shape index (κ2) is 9.14. The molecule has 34 heavy (non-hydrogen) atoms. The molecule has 3 aromatic heterocycles. The number of methoxy groups -OCH3 is 2. The van der Waals surface area contributed by atoms with Gasteiger partial charge in [0.2, 0.25) is 5.95 Å². The zero-order valence-electron chi connectivity index (χ0n) is 18.5. The first-order valence-corrected chi connectivity index (χ1v) is 10.5. The topological polar surface area (TPSA) is 100 Å². The molecule has 0 N–H and O–H groups in total. The van der Waals surface area contributed by atoms with Gasteiger partial charge >= 0.3 is 6.01 Å². The predicted molar refractivity (Wildman–Crippen MR) is 119 cm³/mol. The molecular formula is C22H21F2N7O3. The minimum Gasteiger partial charge on any atom is -0.494 e. The number of morpholine rings is 1. The number of rotatable bonds is 6. The first kappa shape index (κ1) is 21.9. The molecule has 0 atom stereocenters. The van der Waals surface area contributed by atoms with E-state index >= 15 is 0 Å². The molecule has 0 unspecified atom stereocenters. The molecule has 0 aliphatic carbocycles. The smallest absolute Gasteiger partial charge is 0.316 e. The molecule has 176 valence electrons. The summed E-state index contributed by atoms with van der Waals surface area (Å²) in [6.45, 7) is 2.28. The molecule has 4 heterocycles. The Bertz CT molecular complexity index is 1310. The molecule has 1 aliphatic rings.